The SMILES string of the molecule is COc1cc(Br)c(CN(CCCCCO)C(CO)Cc2ccccc2)cc1OC. The fraction of sp³-hybridized carbons (Fsp3) is 0.478. The van der Waals surface area contributed by atoms with Crippen molar-refractivity contribution in [1.82, 2.24) is 4.90 Å². The summed E-state index contributed by atoms with van der Waals surface area (Å²) in [6.45, 7) is 1.82. The van der Waals surface area contributed by atoms with Gasteiger partial charge in [0.25, 0.3) is 0 Å². The van der Waals surface area contributed by atoms with Gasteiger partial charge in [0.1, 0.15) is 0 Å². The number of unbranched alkanes of at least 4 members (excludes halogenated alkanes) is 2. The lowest BCUT2D eigenvalue weighted by Gasteiger charge is -2.31. The van der Waals surface area contributed by atoms with Gasteiger partial charge in [-0.15, -0.1) is 0 Å². The molecule has 6 heteroatoms. The quantitative estimate of drug-likeness (QED) is 0.437. The van der Waals surface area contributed by atoms with Crippen LogP contribution in [0.1, 0.15) is 30.4 Å². The van der Waals surface area contributed by atoms with Crippen molar-refractivity contribution >= 4 is 15.9 Å². The Morgan fingerprint density at radius 3 is 2.28 bits per heavy atom. The van der Waals surface area contributed by atoms with Gasteiger partial charge in [0, 0.05) is 23.7 Å². The molecule has 0 spiro atoms. The van der Waals surface area contributed by atoms with Crippen LogP contribution in [-0.2, 0) is 13.0 Å². The predicted octanol–water partition coefficient (Wildman–Crippen LogP) is 4.03. The molecule has 160 valence electrons. The maximum atomic E-state index is 10.2. The van der Waals surface area contributed by atoms with Crippen LogP contribution in [0.3, 0.4) is 0 Å². The second kappa shape index (κ2) is 12.9. The Labute approximate surface area is 182 Å². The summed E-state index contributed by atoms with van der Waals surface area (Å²) in [7, 11) is 3.26. The van der Waals surface area contributed by atoms with E-state index in [9.17, 15) is 5.11 Å². The number of aliphatic hydroxyl groups is 2. The summed E-state index contributed by atoms with van der Waals surface area (Å²) >= 11 is 3.65. The molecular weight excluding hydrogens is 434 g/mol. The number of rotatable bonds is 13. The number of halogens is 1. The van der Waals surface area contributed by atoms with Crippen LogP contribution in [0, 0.1) is 0 Å². The molecule has 2 rings (SSSR count). The van der Waals surface area contributed by atoms with E-state index in [-0.39, 0.29) is 19.3 Å². The minimum absolute atomic E-state index is 0.00604. The van der Waals surface area contributed by atoms with E-state index in [0.29, 0.717) is 18.0 Å². The van der Waals surface area contributed by atoms with E-state index in [2.05, 4.69) is 33.0 Å². The molecule has 2 N–H and O–H groups in total. The monoisotopic (exact) mass is 465 g/mol. The molecule has 0 aliphatic heterocycles. The lowest BCUT2D eigenvalue weighted by molar-refractivity contribution is 0.113. The maximum Gasteiger partial charge on any atom is 0.161 e. The smallest absolute Gasteiger partial charge is 0.161 e. The highest BCUT2D eigenvalue weighted by Gasteiger charge is 2.20. The molecule has 2 aromatic carbocycles. The highest BCUT2D eigenvalue weighted by atomic mass is 79.9. The Morgan fingerprint density at radius 2 is 1.66 bits per heavy atom. The maximum absolute atomic E-state index is 10.2. The number of methoxy groups -OCH3 is 2. The van der Waals surface area contributed by atoms with Crippen molar-refractivity contribution in [3.05, 3.63) is 58.1 Å². The normalized spacial score (nSPS) is 12.2. The first-order valence-electron chi connectivity index (χ1n) is 10.0. The van der Waals surface area contributed by atoms with E-state index in [4.69, 9.17) is 14.6 Å². The summed E-state index contributed by atoms with van der Waals surface area (Å²) in [5.74, 6) is 1.37. The third kappa shape index (κ3) is 7.30. The molecule has 0 heterocycles. The first-order chi connectivity index (χ1) is 14.1. The van der Waals surface area contributed by atoms with Crippen LogP contribution in [0.4, 0.5) is 0 Å². The molecule has 0 saturated carbocycles. The zero-order valence-corrected chi connectivity index (χ0v) is 18.9. The van der Waals surface area contributed by atoms with Crippen molar-refractivity contribution in [3.8, 4) is 11.5 Å². The van der Waals surface area contributed by atoms with Crippen molar-refractivity contribution in [2.75, 3.05) is 34.0 Å². The van der Waals surface area contributed by atoms with Crippen molar-refractivity contribution in [1.29, 1.82) is 0 Å². The average molecular weight is 466 g/mol. The molecule has 0 bridgehead atoms. The summed E-state index contributed by atoms with van der Waals surface area (Å²) < 4.78 is 11.8. The number of hydrogen-bond donors (Lipinski definition) is 2. The van der Waals surface area contributed by atoms with Gasteiger partial charge in [-0.25, -0.2) is 0 Å². The van der Waals surface area contributed by atoms with Crippen LogP contribution in [0.5, 0.6) is 11.5 Å². The second-order valence-corrected chi connectivity index (χ2v) is 7.93. The standard InChI is InChI=1S/C23H32BrNO4/c1-28-22-14-19(21(24)15-23(22)29-2)16-25(11-7-4-8-12-26)20(17-27)13-18-9-5-3-6-10-18/h3,5-6,9-10,14-15,20,26-27H,4,7-8,11-13,16-17H2,1-2H3. The molecular formula is C23H32BrNO4. The molecule has 5 nitrogen and oxygen atoms in total. The van der Waals surface area contributed by atoms with E-state index in [1.54, 1.807) is 14.2 Å². The fourth-order valence-corrected chi connectivity index (χ4v) is 3.87. The van der Waals surface area contributed by atoms with Crippen molar-refractivity contribution in [3.63, 3.8) is 0 Å². The van der Waals surface area contributed by atoms with Crippen LogP contribution in [-0.4, -0.2) is 55.1 Å². The van der Waals surface area contributed by atoms with Gasteiger partial charge in [0.2, 0.25) is 0 Å². The molecule has 0 saturated heterocycles. The van der Waals surface area contributed by atoms with E-state index < -0.39 is 0 Å². The predicted molar refractivity (Wildman–Crippen MR) is 120 cm³/mol. The van der Waals surface area contributed by atoms with Crippen molar-refractivity contribution < 1.29 is 19.7 Å². The third-order valence-electron chi connectivity index (χ3n) is 5.07. The van der Waals surface area contributed by atoms with Gasteiger partial charge < -0.3 is 19.7 Å². The molecule has 1 atom stereocenters. The zero-order chi connectivity index (χ0) is 21.1. The molecule has 2 aromatic rings. The number of aliphatic hydroxyl groups excluding tert-OH is 2. The zero-order valence-electron chi connectivity index (χ0n) is 17.3. The van der Waals surface area contributed by atoms with E-state index in [1.165, 1.54) is 5.56 Å². The largest absolute Gasteiger partial charge is 0.493 e. The van der Waals surface area contributed by atoms with Gasteiger partial charge in [-0.2, -0.15) is 0 Å². The molecule has 0 radical (unpaired) electrons. The Kier molecular flexibility index (Phi) is 10.5. The highest BCUT2D eigenvalue weighted by molar-refractivity contribution is 9.10. The van der Waals surface area contributed by atoms with Gasteiger partial charge in [-0.05, 0) is 55.5 Å². The minimum atomic E-state index is 0.00604. The summed E-state index contributed by atoms with van der Waals surface area (Å²) in [4.78, 5) is 2.32. The Bertz CT molecular complexity index is 726. The van der Waals surface area contributed by atoms with E-state index >= 15 is 0 Å². The molecule has 0 aliphatic rings. The van der Waals surface area contributed by atoms with Crippen LogP contribution in [0.2, 0.25) is 0 Å². The number of benzene rings is 2. The van der Waals surface area contributed by atoms with E-state index in [1.807, 2.05) is 30.3 Å². The van der Waals surface area contributed by atoms with Crippen molar-refractivity contribution in [2.45, 2.75) is 38.3 Å². The summed E-state index contributed by atoms with van der Waals surface area (Å²) in [5.41, 5.74) is 2.29. The van der Waals surface area contributed by atoms with Gasteiger partial charge >= 0.3 is 0 Å². The summed E-state index contributed by atoms with van der Waals surface area (Å²) in [6, 6.07) is 14.2. The van der Waals surface area contributed by atoms with Crippen LogP contribution in [0.15, 0.2) is 46.9 Å². The first kappa shape index (κ1) is 23.7. The van der Waals surface area contributed by atoms with E-state index in [0.717, 1.165) is 42.3 Å². The molecule has 1 unspecified atom stereocenters. The molecule has 29 heavy (non-hydrogen) atoms. The van der Waals surface area contributed by atoms with Crippen molar-refractivity contribution in [2.24, 2.45) is 0 Å². The van der Waals surface area contributed by atoms with Crippen LogP contribution >= 0.6 is 15.9 Å². The highest BCUT2D eigenvalue weighted by Crippen LogP contribution is 2.34. The minimum Gasteiger partial charge on any atom is -0.493 e. The topological polar surface area (TPSA) is 62.2 Å². The van der Waals surface area contributed by atoms with Crippen LogP contribution in [0.25, 0.3) is 0 Å². The first-order valence-corrected chi connectivity index (χ1v) is 10.8. The van der Waals surface area contributed by atoms with Gasteiger partial charge in [-0.1, -0.05) is 46.3 Å². The molecule has 0 aliphatic carbocycles. The van der Waals surface area contributed by atoms with Gasteiger partial charge in [0.05, 0.1) is 20.8 Å². The number of nitrogens with zero attached hydrogens (tertiary/aromatic N) is 1. The fourth-order valence-electron chi connectivity index (χ4n) is 3.43. The summed E-state index contributed by atoms with van der Waals surface area (Å²) in [5, 5.41) is 19.2. The molecule has 0 aromatic heterocycles. The Balaban J connectivity index is 2.22. The van der Waals surface area contributed by atoms with Gasteiger partial charge in [-0.3, -0.25) is 4.90 Å². The molecule has 0 fully saturated rings. The van der Waals surface area contributed by atoms with Gasteiger partial charge in [0.15, 0.2) is 11.5 Å². The lowest BCUT2D eigenvalue weighted by atomic mass is 10.0. The second-order valence-electron chi connectivity index (χ2n) is 7.08. The Hall–Kier alpha value is -1.60. The Morgan fingerprint density at radius 1 is 0.966 bits per heavy atom. The summed E-state index contributed by atoms with van der Waals surface area (Å²) in [6.07, 6.45) is 3.51. The third-order valence-corrected chi connectivity index (χ3v) is 5.81. The molecule has 0 amide bonds. The van der Waals surface area contributed by atoms with Crippen LogP contribution < -0.4 is 9.47 Å². The lowest BCUT2D eigenvalue weighted by Crippen LogP contribution is -2.40. The number of hydrogen-bond acceptors (Lipinski definition) is 5. The average Bonchev–Trinajstić information content (AvgIpc) is 2.75. The number of ether oxygens (including phenoxy) is 2.